The van der Waals surface area contributed by atoms with Crippen molar-refractivity contribution in [3.63, 3.8) is 0 Å². The lowest BCUT2D eigenvalue weighted by Gasteiger charge is -2.29. The molecule has 2 fully saturated rings. The van der Waals surface area contributed by atoms with Crippen LogP contribution in [0.2, 0.25) is 0 Å². The van der Waals surface area contributed by atoms with E-state index in [-0.39, 0.29) is 31.0 Å². The molecule has 0 radical (unpaired) electrons. The highest BCUT2D eigenvalue weighted by atomic mass is 16.4. The van der Waals surface area contributed by atoms with Crippen LogP contribution in [0.1, 0.15) is 36.9 Å². The van der Waals surface area contributed by atoms with E-state index in [1.807, 2.05) is 0 Å². The maximum atomic E-state index is 13.5. The van der Waals surface area contributed by atoms with E-state index in [2.05, 4.69) is 25.9 Å². The van der Waals surface area contributed by atoms with E-state index >= 15 is 0 Å². The second-order valence-electron chi connectivity index (χ2n) is 9.45. The van der Waals surface area contributed by atoms with Gasteiger partial charge in [0.25, 0.3) is 0 Å². The molecule has 1 aromatic heterocycles. The summed E-state index contributed by atoms with van der Waals surface area (Å²) in [4.78, 5) is 59.7. The number of amides is 3. The Morgan fingerprint density at radius 1 is 1.05 bits per heavy atom. The largest absolute Gasteiger partial charge is 0.508 e. The molecule has 4 unspecified atom stereocenters. The third-order valence-electron chi connectivity index (χ3n) is 6.80. The third kappa shape index (κ3) is 6.64. The van der Waals surface area contributed by atoms with Crippen LogP contribution in [0.15, 0.2) is 36.8 Å². The molecule has 198 valence electrons. The van der Waals surface area contributed by atoms with Gasteiger partial charge in [-0.25, -0.2) is 9.78 Å². The van der Waals surface area contributed by atoms with Crippen LogP contribution in [0, 0.1) is 0 Å². The number of carbonyl (C=O) groups excluding carboxylic acids is 3. The van der Waals surface area contributed by atoms with Crippen LogP contribution in [0.25, 0.3) is 0 Å². The van der Waals surface area contributed by atoms with Gasteiger partial charge >= 0.3 is 5.97 Å². The van der Waals surface area contributed by atoms with Gasteiger partial charge in [-0.2, -0.15) is 0 Å². The number of aromatic hydroxyl groups is 1. The standard InChI is InChI=1S/C25H32N6O6/c32-17-7-5-15(6-8-17)11-19(29-22(33)18-3-1-9-27-18)23(34)30-20(12-16-13-26-14-28-16)24(35)31-10-2-4-21(31)25(36)37/h5-8,13-14,18-21,27,32H,1-4,9-12H2,(H,26,28)(H,29,33)(H,30,34)(H,36,37). The van der Waals surface area contributed by atoms with Gasteiger partial charge in [-0.3, -0.25) is 14.4 Å². The Hall–Kier alpha value is -3.93. The van der Waals surface area contributed by atoms with Gasteiger partial charge in [-0.1, -0.05) is 12.1 Å². The lowest BCUT2D eigenvalue weighted by Crippen LogP contribution is -2.58. The van der Waals surface area contributed by atoms with Crippen molar-refractivity contribution in [3.05, 3.63) is 48.0 Å². The van der Waals surface area contributed by atoms with E-state index in [9.17, 15) is 29.4 Å². The van der Waals surface area contributed by atoms with Gasteiger partial charge in [-0.15, -0.1) is 0 Å². The average molecular weight is 513 g/mol. The first-order chi connectivity index (χ1) is 17.8. The van der Waals surface area contributed by atoms with Crippen molar-refractivity contribution in [1.29, 1.82) is 0 Å². The second-order valence-corrected chi connectivity index (χ2v) is 9.45. The smallest absolute Gasteiger partial charge is 0.326 e. The van der Waals surface area contributed by atoms with Gasteiger partial charge in [0.15, 0.2) is 0 Å². The molecule has 12 nitrogen and oxygen atoms in total. The molecule has 37 heavy (non-hydrogen) atoms. The van der Waals surface area contributed by atoms with Crippen LogP contribution in [0.4, 0.5) is 0 Å². The quantitative estimate of drug-likeness (QED) is 0.251. The molecule has 3 heterocycles. The van der Waals surface area contributed by atoms with Crippen LogP contribution in [-0.2, 0) is 32.0 Å². The number of carbonyl (C=O) groups is 4. The SMILES string of the molecule is O=C(NC(Cc1ccc(O)cc1)C(=O)NC(Cc1cnc[nH]1)C(=O)N1CCCC1C(=O)O)C1CCCN1. The summed E-state index contributed by atoms with van der Waals surface area (Å²) in [5, 5.41) is 27.8. The van der Waals surface area contributed by atoms with Gasteiger partial charge in [0, 0.05) is 31.3 Å². The molecule has 4 rings (SSSR count). The Balaban J connectivity index is 1.54. The van der Waals surface area contributed by atoms with Gasteiger partial charge in [0.05, 0.1) is 12.4 Å². The summed E-state index contributed by atoms with van der Waals surface area (Å²) in [6.45, 7) is 1.00. The molecular weight excluding hydrogens is 480 g/mol. The number of phenolic OH excluding ortho intramolecular Hbond substituents is 1. The lowest BCUT2D eigenvalue weighted by atomic mass is 10.0. The minimum atomic E-state index is -1.08. The molecule has 3 amide bonds. The predicted octanol–water partition coefficient (Wildman–Crippen LogP) is -0.302. The number of hydrogen-bond acceptors (Lipinski definition) is 7. The molecule has 0 aliphatic carbocycles. The van der Waals surface area contributed by atoms with Gasteiger partial charge < -0.3 is 36.0 Å². The molecule has 0 saturated carbocycles. The highest BCUT2D eigenvalue weighted by Gasteiger charge is 2.38. The lowest BCUT2D eigenvalue weighted by molar-refractivity contribution is -0.149. The van der Waals surface area contributed by atoms with Crippen molar-refractivity contribution in [3.8, 4) is 5.75 Å². The number of aromatic nitrogens is 2. The van der Waals surface area contributed by atoms with E-state index in [1.54, 1.807) is 12.1 Å². The monoisotopic (exact) mass is 512 g/mol. The molecule has 12 heteroatoms. The predicted molar refractivity (Wildman–Crippen MR) is 131 cm³/mol. The van der Waals surface area contributed by atoms with Crippen LogP contribution in [0.3, 0.4) is 0 Å². The van der Waals surface area contributed by atoms with E-state index in [1.165, 1.54) is 29.6 Å². The first kappa shape index (κ1) is 26.1. The number of hydrogen-bond donors (Lipinski definition) is 6. The highest BCUT2D eigenvalue weighted by molar-refractivity contribution is 5.94. The van der Waals surface area contributed by atoms with E-state index in [4.69, 9.17) is 0 Å². The summed E-state index contributed by atoms with van der Waals surface area (Å²) in [6, 6.07) is 2.90. The number of nitrogens with zero attached hydrogens (tertiary/aromatic N) is 2. The summed E-state index contributed by atoms with van der Waals surface area (Å²) >= 11 is 0. The zero-order chi connectivity index (χ0) is 26.4. The number of imidazole rings is 1. The van der Waals surface area contributed by atoms with Crippen LogP contribution in [0.5, 0.6) is 5.75 Å². The normalized spacial score (nSPS) is 20.8. The number of carboxylic acids is 1. The zero-order valence-corrected chi connectivity index (χ0v) is 20.4. The Bertz CT molecular complexity index is 1100. The number of H-pyrrole nitrogens is 1. The first-order valence-corrected chi connectivity index (χ1v) is 12.4. The Morgan fingerprint density at radius 2 is 1.84 bits per heavy atom. The van der Waals surface area contributed by atoms with E-state index in [0.29, 0.717) is 37.1 Å². The van der Waals surface area contributed by atoms with Crippen LogP contribution >= 0.6 is 0 Å². The van der Waals surface area contributed by atoms with E-state index < -0.39 is 42.0 Å². The van der Waals surface area contributed by atoms with Crippen molar-refractivity contribution < 1.29 is 29.4 Å². The Morgan fingerprint density at radius 3 is 2.49 bits per heavy atom. The molecule has 4 atom stereocenters. The number of aliphatic carboxylic acids is 1. The van der Waals surface area contributed by atoms with Crippen molar-refractivity contribution in [2.75, 3.05) is 13.1 Å². The van der Waals surface area contributed by atoms with Crippen molar-refractivity contribution in [2.45, 2.75) is 62.7 Å². The third-order valence-corrected chi connectivity index (χ3v) is 6.80. The molecular formula is C25H32N6O6. The molecule has 0 bridgehead atoms. The maximum absolute atomic E-state index is 13.5. The van der Waals surface area contributed by atoms with Crippen LogP contribution in [-0.4, -0.2) is 86.0 Å². The molecule has 6 N–H and O–H groups in total. The Kier molecular flexibility index (Phi) is 8.39. The number of nitrogens with one attached hydrogen (secondary N) is 4. The maximum Gasteiger partial charge on any atom is 0.326 e. The minimum Gasteiger partial charge on any atom is -0.508 e. The van der Waals surface area contributed by atoms with Gasteiger partial charge in [-0.05, 0) is 49.9 Å². The summed E-state index contributed by atoms with van der Waals surface area (Å²) in [6.07, 6.45) is 5.62. The molecule has 2 aromatic rings. The number of phenols is 1. The molecule has 2 aliphatic rings. The average Bonchev–Trinajstić information content (AvgIpc) is 3.66. The van der Waals surface area contributed by atoms with Gasteiger partial charge in [0.2, 0.25) is 17.7 Å². The summed E-state index contributed by atoms with van der Waals surface area (Å²) in [7, 11) is 0. The minimum absolute atomic E-state index is 0.0766. The van der Waals surface area contributed by atoms with Crippen LogP contribution < -0.4 is 16.0 Å². The number of carboxylic acid groups (broad SMARTS) is 1. The van der Waals surface area contributed by atoms with Crippen molar-refractivity contribution in [2.24, 2.45) is 0 Å². The van der Waals surface area contributed by atoms with Gasteiger partial charge in [0.1, 0.15) is 23.9 Å². The first-order valence-electron chi connectivity index (χ1n) is 12.4. The zero-order valence-electron chi connectivity index (χ0n) is 20.4. The molecule has 0 spiro atoms. The number of benzene rings is 1. The fourth-order valence-corrected chi connectivity index (χ4v) is 4.83. The van der Waals surface area contributed by atoms with Crippen molar-refractivity contribution >= 4 is 23.7 Å². The Labute approximate surface area is 213 Å². The summed E-state index contributed by atoms with van der Waals surface area (Å²) in [5.41, 5.74) is 1.30. The number of likely N-dealkylation sites (tertiary alicyclic amines) is 1. The highest BCUT2D eigenvalue weighted by Crippen LogP contribution is 2.20. The summed E-state index contributed by atoms with van der Waals surface area (Å²) < 4.78 is 0. The molecule has 1 aromatic carbocycles. The summed E-state index contributed by atoms with van der Waals surface area (Å²) in [5.74, 6) is -2.38. The molecule has 2 aliphatic heterocycles. The second kappa shape index (κ2) is 11.9. The fraction of sp³-hybridized carbons (Fsp3) is 0.480. The molecule has 2 saturated heterocycles. The topological polar surface area (TPSA) is 177 Å². The fourth-order valence-electron chi connectivity index (χ4n) is 4.83. The number of aromatic amines is 1. The van der Waals surface area contributed by atoms with Crippen molar-refractivity contribution in [1.82, 2.24) is 30.8 Å². The number of rotatable bonds is 10. The van der Waals surface area contributed by atoms with E-state index in [0.717, 1.165) is 6.42 Å².